The van der Waals surface area contributed by atoms with Crippen molar-refractivity contribution in [1.82, 2.24) is 9.47 Å². The quantitative estimate of drug-likeness (QED) is 0.0460. The summed E-state index contributed by atoms with van der Waals surface area (Å²) in [7, 11) is 1.59. The second-order valence-electron chi connectivity index (χ2n) is 16.9. The molecule has 10 heteroatoms. The molecule has 0 radical (unpaired) electrons. The minimum atomic E-state index is -0.325. The van der Waals surface area contributed by atoms with E-state index >= 15 is 0 Å². The van der Waals surface area contributed by atoms with Crippen LogP contribution in [-0.4, -0.2) is 78.5 Å². The largest absolute Gasteiger partial charge is 0.497 e. The summed E-state index contributed by atoms with van der Waals surface area (Å²) in [6.07, 6.45) is 24.9. The molecular formula is C51H79ClN2O7. The van der Waals surface area contributed by atoms with E-state index in [9.17, 15) is 19.5 Å². The lowest BCUT2D eigenvalue weighted by Crippen LogP contribution is -2.27. The Hall–Kier alpha value is -3.40. The molecule has 1 aromatic heterocycles. The first-order chi connectivity index (χ1) is 29.7. The van der Waals surface area contributed by atoms with E-state index in [4.69, 9.17) is 25.8 Å². The molecule has 61 heavy (non-hydrogen) atoms. The molecule has 0 bridgehead atoms. The molecule has 0 aliphatic heterocycles. The van der Waals surface area contributed by atoms with Crippen LogP contribution in [0.1, 0.15) is 183 Å². The van der Waals surface area contributed by atoms with Gasteiger partial charge in [-0.1, -0.05) is 102 Å². The maximum atomic E-state index is 13.6. The smallest absolute Gasteiger partial charge is 0.310 e. The number of methoxy groups -OCH3 is 1. The summed E-state index contributed by atoms with van der Waals surface area (Å²) < 4.78 is 18.9. The van der Waals surface area contributed by atoms with Crippen molar-refractivity contribution in [2.45, 2.75) is 181 Å². The highest BCUT2D eigenvalue weighted by Gasteiger charge is 2.23. The van der Waals surface area contributed by atoms with Crippen molar-refractivity contribution in [3.8, 4) is 5.75 Å². The summed E-state index contributed by atoms with van der Waals surface area (Å²) in [6, 6.07) is 12.3. The van der Waals surface area contributed by atoms with Gasteiger partial charge in [0, 0.05) is 34.7 Å². The predicted octanol–water partition coefficient (Wildman–Crippen LogP) is 12.6. The van der Waals surface area contributed by atoms with Crippen molar-refractivity contribution < 1.29 is 33.7 Å². The number of nitrogens with zero attached hydrogens (tertiary/aromatic N) is 2. The Kier molecular flexibility index (Phi) is 26.8. The molecule has 1 atom stereocenters. The molecule has 0 saturated heterocycles. The van der Waals surface area contributed by atoms with Gasteiger partial charge in [-0.3, -0.25) is 19.0 Å². The van der Waals surface area contributed by atoms with Gasteiger partial charge >= 0.3 is 11.9 Å². The molecule has 9 nitrogen and oxygen atoms in total. The molecule has 1 N–H and O–H groups in total. The van der Waals surface area contributed by atoms with Crippen LogP contribution in [-0.2, 0) is 25.5 Å². The van der Waals surface area contributed by atoms with Crippen molar-refractivity contribution in [1.29, 1.82) is 0 Å². The van der Waals surface area contributed by atoms with Gasteiger partial charge in [-0.2, -0.15) is 0 Å². The van der Waals surface area contributed by atoms with Crippen LogP contribution in [0.3, 0.4) is 0 Å². The number of benzene rings is 2. The molecule has 1 heterocycles. The Morgan fingerprint density at radius 1 is 0.705 bits per heavy atom. The van der Waals surface area contributed by atoms with Gasteiger partial charge in [0.25, 0.3) is 5.91 Å². The maximum absolute atomic E-state index is 13.6. The molecule has 0 fully saturated rings. The number of aromatic nitrogens is 1. The minimum Gasteiger partial charge on any atom is -0.497 e. The first-order valence-electron chi connectivity index (χ1n) is 23.9. The van der Waals surface area contributed by atoms with Crippen LogP contribution in [0, 0.1) is 6.92 Å². The van der Waals surface area contributed by atoms with Crippen LogP contribution < -0.4 is 4.74 Å². The van der Waals surface area contributed by atoms with Crippen LogP contribution in [0.5, 0.6) is 5.75 Å². The summed E-state index contributed by atoms with van der Waals surface area (Å²) >= 11 is 6.07. The Morgan fingerprint density at radius 2 is 1.28 bits per heavy atom. The SMILES string of the molecule is CCCCCCCCCC(CCCCCCC)OC(=O)CCCCN(CCCCO)CCCCCCOC(=O)Cc1c(C)n(C(=O)c2ccc(Cl)cc2)c2ccc(OC)cc12. The van der Waals surface area contributed by atoms with Crippen LogP contribution >= 0.6 is 11.6 Å². The van der Waals surface area contributed by atoms with Gasteiger partial charge < -0.3 is 24.2 Å². The van der Waals surface area contributed by atoms with E-state index in [1.54, 1.807) is 35.9 Å². The Balaban J connectivity index is 1.39. The fraction of sp³-hybridized carbons (Fsp3) is 0.667. The lowest BCUT2D eigenvalue weighted by atomic mass is 10.0. The molecule has 0 saturated carbocycles. The molecule has 342 valence electrons. The number of hydrogen-bond donors (Lipinski definition) is 1. The van der Waals surface area contributed by atoms with Crippen molar-refractivity contribution >= 4 is 40.3 Å². The number of carbonyl (C=O) groups excluding carboxylic acids is 3. The number of rotatable bonds is 35. The number of fused-ring (bicyclic) bond motifs is 1. The minimum absolute atomic E-state index is 0.0413. The van der Waals surface area contributed by atoms with Crippen LogP contribution in [0.15, 0.2) is 42.5 Å². The van der Waals surface area contributed by atoms with Gasteiger partial charge in [0.15, 0.2) is 0 Å². The lowest BCUT2D eigenvalue weighted by Gasteiger charge is -2.22. The average molecular weight is 868 g/mol. The van der Waals surface area contributed by atoms with Gasteiger partial charge in [-0.05, 0) is 139 Å². The van der Waals surface area contributed by atoms with Gasteiger partial charge in [0.1, 0.15) is 11.9 Å². The summed E-state index contributed by atoms with van der Waals surface area (Å²) in [5.41, 5.74) is 2.64. The highest BCUT2D eigenvalue weighted by Crippen LogP contribution is 2.31. The van der Waals surface area contributed by atoms with E-state index in [-0.39, 0.29) is 37.0 Å². The van der Waals surface area contributed by atoms with E-state index in [2.05, 4.69) is 18.7 Å². The number of unbranched alkanes of at least 4 members (excludes halogenated alkanes) is 15. The third-order valence-corrected chi connectivity index (χ3v) is 12.1. The third kappa shape index (κ3) is 20.1. The first-order valence-corrected chi connectivity index (χ1v) is 24.3. The van der Waals surface area contributed by atoms with E-state index < -0.39 is 0 Å². The van der Waals surface area contributed by atoms with E-state index in [1.165, 1.54) is 64.2 Å². The molecule has 3 rings (SSSR count). The zero-order valence-electron chi connectivity index (χ0n) is 38.3. The van der Waals surface area contributed by atoms with Gasteiger partial charge in [-0.15, -0.1) is 0 Å². The molecule has 0 spiro atoms. The summed E-state index contributed by atoms with van der Waals surface area (Å²) in [5.74, 6) is 0.0811. The number of carbonyl (C=O) groups is 3. The zero-order chi connectivity index (χ0) is 44.1. The van der Waals surface area contributed by atoms with Gasteiger partial charge in [-0.25, -0.2) is 0 Å². The number of aliphatic hydroxyl groups is 1. The highest BCUT2D eigenvalue weighted by molar-refractivity contribution is 6.30. The molecule has 1 unspecified atom stereocenters. The normalized spacial score (nSPS) is 12.0. The molecule has 0 aliphatic carbocycles. The van der Waals surface area contributed by atoms with E-state index in [1.807, 2.05) is 25.1 Å². The first kappa shape index (κ1) is 51.9. The van der Waals surface area contributed by atoms with Gasteiger partial charge in [0.2, 0.25) is 0 Å². The van der Waals surface area contributed by atoms with E-state index in [0.717, 1.165) is 108 Å². The zero-order valence-corrected chi connectivity index (χ0v) is 39.0. The monoisotopic (exact) mass is 867 g/mol. The van der Waals surface area contributed by atoms with Crippen molar-refractivity contribution in [2.24, 2.45) is 0 Å². The summed E-state index contributed by atoms with van der Waals surface area (Å²) in [6.45, 7) is 9.74. The lowest BCUT2D eigenvalue weighted by molar-refractivity contribution is -0.150. The number of aliphatic hydroxyl groups excluding tert-OH is 1. The fourth-order valence-corrected chi connectivity index (χ4v) is 8.29. The average Bonchev–Trinajstić information content (AvgIpc) is 3.53. The molecule has 2 aromatic carbocycles. The van der Waals surface area contributed by atoms with Crippen molar-refractivity contribution in [3.63, 3.8) is 0 Å². The Bertz CT molecular complexity index is 1670. The molecule has 0 aliphatic rings. The maximum Gasteiger partial charge on any atom is 0.310 e. The van der Waals surface area contributed by atoms with E-state index in [0.29, 0.717) is 40.6 Å². The standard InChI is InChI=1S/C51H79ClN2O7/c1-5-7-9-11-12-14-18-26-44(25-17-13-10-8-6-2)61-49(56)27-19-21-35-53(36-22-23-37-55)34-20-15-16-24-38-60-50(57)40-46-41(3)54(48-33-32-45(59-4)39-47(46)48)51(58)42-28-30-43(52)31-29-42/h28-33,39,44,55H,5-27,34-38,40H2,1-4H3. The highest BCUT2D eigenvalue weighted by atomic mass is 35.5. The van der Waals surface area contributed by atoms with Crippen molar-refractivity contribution in [2.75, 3.05) is 40.0 Å². The van der Waals surface area contributed by atoms with Crippen LogP contribution in [0.25, 0.3) is 10.9 Å². The second kappa shape index (κ2) is 31.4. The molecule has 0 amide bonds. The van der Waals surface area contributed by atoms with Crippen molar-refractivity contribution in [3.05, 3.63) is 64.3 Å². The van der Waals surface area contributed by atoms with Gasteiger partial charge in [0.05, 0.1) is 25.7 Å². The Labute approximate surface area is 373 Å². The second-order valence-corrected chi connectivity index (χ2v) is 17.3. The molecular weight excluding hydrogens is 788 g/mol. The van der Waals surface area contributed by atoms with Crippen LogP contribution in [0.4, 0.5) is 0 Å². The fourth-order valence-electron chi connectivity index (χ4n) is 8.17. The number of halogens is 1. The topological polar surface area (TPSA) is 107 Å². The predicted molar refractivity (Wildman–Crippen MR) is 250 cm³/mol. The molecule has 3 aromatic rings. The Morgan fingerprint density at radius 3 is 1.90 bits per heavy atom. The number of hydrogen-bond acceptors (Lipinski definition) is 8. The summed E-state index contributed by atoms with van der Waals surface area (Å²) in [5, 5.41) is 10.7. The number of ether oxygens (including phenoxy) is 3. The number of esters is 2. The summed E-state index contributed by atoms with van der Waals surface area (Å²) in [4.78, 5) is 42.1. The van der Waals surface area contributed by atoms with Crippen LogP contribution in [0.2, 0.25) is 5.02 Å². The third-order valence-electron chi connectivity index (χ3n) is 11.8.